The number of aromatic nitrogens is 3. The van der Waals surface area contributed by atoms with Crippen LogP contribution < -0.4 is 10.9 Å². The third-order valence-electron chi connectivity index (χ3n) is 3.87. The molecule has 0 aliphatic rings. The first-order valence-corrected chi connectivity index (χ1v) is 7.66. The quantitative estimate of drug-likeness (QED) is 0.689. The highest BCUT2D eigenvalue weighted by molar-refractivity contribution is 5.88. The van der Waals surface area contributed by atoms with E-state index in [1.165, 1.54) is 25.3 Å². The summed E-state index contributed by atoms with van der Waals surface area (Å²) in [7, 11) is 0. The van der Waals surface area contributed by atoms with Crippen molar-refractivity contribution >= 4 is 16.7 Å². The number of hydrogen-bond acceptors (Lipinski definition) is 4. The van der Waals surface area contributed by atoms with Crippen LogP contribution >= 0.6 is 0 Å². The highest BCUT2D eigenvalue weighted by Gasteiger charge is 2.35. The molecule has 3 rings (SSSR count). The largest absolute Gasteiger partial charge is 0.419 e. The van der Waals surface area contributed by atoms with Crippen molar-refractivity contribution < 1.29 is 17.6 Å². The number of alkyl halides is 3. The second-order valence-electron chi connectivity index (χ2n) is 5.79. The lowest BCUT2D eigenvalue weighted by molar-refractivity contribution is -0.140. The lowest BCUT2D eigenvalue weighted by Crippen LogP contribution is -2.15. The minimum absolute atomic E-state index is 0.145. The fourth-order valence-corrected chi connectivity index (χ4v) is 2.66. The van der Waals surface area contributed by atoms with Crippen LogP contribution in [0.4, 0.5) is 23.4 Å². The SMILES string of the molecule is Cc1nc(N[C@H](C)c2cccc(C(F)(F)F)c2F)c2c[nH]c(=O)cc2n1. The normalized spacial score (nSPS) is 13.0. The first-order valence-electron chi connectivity index (χ1n) is 7.66. The Morgan fingerprint density at radius 1 is 1.23 bits per heavy atom. The second kappa shape index (κ2) is 6.40. The Bertz CT molecular complexity index is 1030. The summed E-state index contributed by atoms with van der Waals surface area (Å²) >= 11 is 0. The molecule has 2 heterocycles. The summed E-state index contributed by atoms with van der Waals surface area (Å²) in [6.45, 7) is 3.13. The Kier molecular flexibility index (Phi) is 4.39. The van der Waals surface area contributed by atoms with E-state index in [1.54, 1.807) is 6.92 Å². The van der Waals surface area contributed by atoms with Crippen LogP contribution in [-0.4, -0.2) is 15.0 Å². The van der Waals surface area contributed by atoms with Crippen molar-refractivity contribution in [3.63, 3.8) is 0 Å². The standard InChI is InChI=1S/C17H14F4N4O/c1-8(10-4-3-5-12(15(10)18)17(19,20)21)23-16-11-7-22-14(26)6-13(11)24-9(2)25-16/h3-8H,1-2H3,(H,22,26)(H,23,24,25)/t8-/m1/s1. The molecule has 2 N–H and O–H groups in total. The number of anilines is 1. The number of pyridine rings is 1. The van der Waals surface area contributed by atoms with Crippen LogP contribution in [0.2, 0.25) is 0 Å². The fraction of sp³-hybridized carbons (Fsp3) is 0.235. The number of benzene rings is 1. The number of nitrogens with one attached hydrogen (secondary N) is 2. The van der Waals surface area contributed by atoms with Crippen LogP contribution in [0.5, 0.6) is 0 Å². The summed E-state index contributed by atoms with van der Waals surface area (Å²) < 4.78 is 53.0. The number of hydrogen-bond donors (Lipinski definition) is 2. The highest BCUT2D eigenvalue weighted by atomic mass is 19.4. The van der Waals surface area contributed by atoms with Crippen LogP contribution in [0.1, 0.15) is 29.9 Å². The second-order valence-corrected chi connectivity index (χ2v) is 5.79. The van der Waals surface area contributed by atoms with Gasteiger partial charge in [-0.15, -0.1) is 0 Å². The molecule has 0 radical (unpaired) electrons. The van der Waals surface area contributed by atoms with Crippen molar-refractivity contribution in [2.75, 3.05) is 5.32 Å². The molecular weight excluding hydrogens is 352 g/mol. The van der Waals surface area contributed by atoms with Crippen molar-refractivity contribution in [1.82, 2.24) is 15.0 Å². The number of fused-ring (bicyclic) bond motifs is 1. The Morgan fingerprint density at radius 3 is 2.65 bits per heavy atom. The summed E-state index contributed by atoms with van der Waals surface area (Å²) in [6.07, 6.45) is -3.38. The predicted molar refractivity (Wildman–Crippen MR) is 88.3 cm³/mol. The van der Waals surface area contributed by atoms with Crippen molar-refractivity contribution in [3.8, 4) is 0 Å². The molecule has 0 saturated carbocycles. The van der Waals surface area contributed by atoms with Crippen LogP contribution in [0.25, 0.3) is 10.9 Å². The van der Waals surface area contributed by atoms with E-state index in [0.29, 0.717) is 22.8 Å². The fourth-order valence-electron chi connectivity index (χ4n) is 2.66. The van der Waals surface area contributed by atoms with E-state index < -0.39 is 23.6 Å². The molecule has 0 bridgehead atoms. The van der Waals surface area contributed by atoms with Gasteiger partial charge >= 0.3 is 6.18 Å². The molecule has 3 aromatic rings. The maximum absolute atomic E-state index is 14.3. The summed E-state index contributed by atoms with van der Waals surface area (Å²) in [4.78, 5) is 22.3. The van der Waals surface area contributed by atoms with Gasteiger partial charge in [-0.05, 0) is 19.9 Å². The van der Waals surface area contributed by atoms with E-state index in [1.807, 2.05) is 0 Å². The minimum Gasteiger partial charge on any atom is -0.363 e. The number of aryl methyl sites for hydroxylation is 1. The molecule has 2 aromatic heterocycles. The highest BCUT2D eigenvalue weighted by Crippen LogP contribution is 2.34. The molecule has 1 atom stereocenters. The van der Waals surface area contributed by atoms with Gasteiger partial charge in [0.1, 0.15) is 17.5 Å². The molecule has 0 amide bonds. The number of rotatable bonds is 3. The van der Waals surface area contributed by atoms with E-state index in [9.17, 15) is 22.4 Å². The van der Waals surface area contributed by atoms with Crippen LogP contribution in [0, 0.1) is 12.7 Å². The maximum Gasteiger partial charge on any atom is 0.419 e. The average Bonchev–Trinajstić information content (AvgIpc) is 2.53. The van der Waals surface area contributed by atoms with Crippen LogP contribution in [0.3, 0.4) is 0 Å². The van der Waals surface area contributed by atoms with Gasteiger partial charge < -0.3 is 10.3 Å². The first kappa shape index (κ1) is 17.8. The molecule has 136 valence electrons. The van der Waals surface area contributed by atoms with E-state index in [2.05, 4.69) is 20.3 Å². The molecule has 0 aliphatic heterocycles. The van der Waals surface area contributed by atoms with Gasteiger partial charge in [0.05, 0.1) is 22.5 Å². The summed E-state index contributed by atoms with van der Waals surface area (Å²) in [6, 6.07) is 3.60. The first-order chi connectivity index (χ1) is 12.2. The van der Waals surface area contributed by atoms with Gasteiger partial charge in [0.2, 0.25) is 5.56 Å². The molecule has 1 aromatic carbocycles. The molecule has 0 unspecified atom stereocenters. The van der Waals surface area contributed by atoms with Gasteiger partial charge in [0.25, 0.3) is 0 Å². The molecule has 26 heavy (non-hydrogen) atoms. The van der Waals surface area contributed by atoms with Crippen molar-refractivity contribution in [1.29, 1.82) is 0 Å². The molecular formula is C17H14F4N4O. The smallest absolute Gasteiger partial charge is 0.363 e. The summed E-state index contributed by atoms with van der Waals surface area (Å²) in [5.41, 5.74) is -1.44. The Morgan fingerprint density at radius 2 is 1.96 bits per heavy atom. The topological polar surface area (TPSA) is 70.7 Å². The van der Waals surface area contributed by atoms with Crippen LogP contribution in [-0.2, 0) is 6.18 Å². The number of aromatic amines is 1. The monoisotopic (exact) mass is 366 g/mol. The lowest BCUT2D eigenvalue weighted by atomic mass is 10.0. The molecule has 0 saturated heterocycles. The van der Waals surface area contributed by atoms with Crippen molar-refractivity contribution in [2.24, 2.45) is 0 Å². The van der Waals surface area contributed by atoms with Gasteiger partial charge in [-0.3, -0.25) is 4.79 Å². The Labute approximate surface area is 145 Å². The molecule has 0 fully saturated rings. The maximum atomic E-state index is 14.3. The lowest BCUT2D eigenvalue weighted by Gasteiger charge is -2.19. The third kappa shape index (κ3) is 3.37. The average molecular weight is 366 g/mol. The summed E-state index contributed by atoms with van der Waals surface area (Å²) in [5.74, 6) is -0.682. The van der Waals surface area contributed by atoms with Crippen LogP contribution in [0.15, 0.2) is 35.3 Å². The Hall–Kier alpha value is -2.97. The predicted octanol–water partition coefficient (Wildman–Crippen LogP) is 3.96. The zero-order valence-corrected chi connectivity index (χ0v) is 13.8. The van der Waals surface area contributed by atoms with Gasteiger partial charge in [0.15, 0.2) is 0 Å². The van der Waals surface area contributed by atoms with Crippen molar-refractivity contribution in [2.45, 2.75) is 26.1 Å². The molecule has 0 spiro atoms. The van der Waals surface area contributed by atoms with Gasteiger partial charge in [-0.2, -0.15) is 13.2 Å². The Balaban J connectivity index is 2.03. The number of halogens is 4. The van der Waals surface area contributed by atoms with Gasteiger partial charge in [-0.25, -0.2) is 14.4 Å². The van der Waals surface area contributed by atoms with Gasteiger partial charge in [-0.1, -0.05) is 12.1 Å². The van der Waals surface area contributed by atoms with Crippen molar-refractivity contribution in [3.05, 3.63) is 63.6 Å². The molecule has 0 aliphatic carbocycles. The van der Waals surface area contributed by atoms with E-state index in [4.69, 9.17) is 0 Å². The van der Waals surface area contributed by atoms with E-state index >= 15 is 0 Å². The zero-order chi connectivity index (χ0) is 19.1. The van der Waals surface area contributed by atoms with E-state index in [0.717, 1.165) is 6.07 Å². The number of nitrogens with zero attached hydrogens (tertiary/aromatic N) is 2. The summed E-state index contributed by atoms with van der Waals surface area (Å²) in [5, 5.41) is 3.37. The minimum atomic E-state index is -4.78. The molecule has 5 nitrogen and oxygen atoms in total. The number of H-pyrrole nitrogens is 1. The zero-order valence-electron chi connectivity index (χ0n) is 13.8. The third-order valence-corrected chi connectivity index (χ3v) is 3.87. The molecule has 9 heteroatoms. The van der Waals surface area contributed by atoms with Gasteiger partial charge in [0, 0.05) is 17.8 Å². The van der Waals surface area contributed by atoms with E-state index in [-0.39, 0.29) is 16.9 Å².